The molecule has 2 aliphatic rings. The number of benzene rings is 5. The quantitative estimate of drug-likeness (QED) is 0.0988. The number of thiophene rings is 1. The highest BCUT2D eigenvalue weighted by Gasteiger charge is 2.15. The van der Waals surface area contributed by atoms with Crippen LogP contribution in [0.25, 0.3) is 61.4 Å². The molecule has 2 heteroatoms. The molecule has 8 rings (SSSR count). The van der Waals surface area contributed by atoms with Crippen molar-refractivity contribution in [3.05, 3.63) is 269 Å². The van der Waals surface area contributed by atoms with Crippen molar-refractivity contribution in [2.24, 2.45) is 0 Å². The van der Waals surface area contributed by atoms with Gasteiger partial charge < -0.3 is 4.90 Å². The van der Waals surface area contributed by atoms with E-state index in [1.807, 2.05) is 11.3 Å². The zero-order valence-corrected chi connectivity index (χ0v) is 37.9. The maximum Gasteiger partial charge on any atom is 0.0446 e. The number of fused-ring (bicyclic) bond motifs is 4. The van der Waals surface area contributed by atoms with Gasteiger partial charge in [0.2, 0.25) is 0 Å². The zero-order valence-electron chi connectivity index (χ0n) is 37.1. The summed E-state index contributed by atoms with van der Waals surface area (Å²) in [6, 6.07) is 37.1. The largest absolute Gasteiger partial charge is 0.324 e. The number of rotatable bonds is 14. The van der Waals surface area contributed by atoms with E-state index in [1.165, 1.54) is 70.3 Å². The molecular formula is C62H55NS. The molecule has 5 aromatic carbocycles. The number of nitrogens with zero attached hydrogens (tertiary/aromatic N) is 1. The molecule has 0 aliphatic heterocycles. The first kappa shape index (κ1) is 43.4. The smallest absolute Gasteiger partial charge is 0.0446 e. The van der Waals surface area contributed by atoms with Gasteiger partial charge in [0, 0.05) is 38.6 Å². The number of hydrogen-bond acceptors (Lipinski definition) is 2. The van der Waals surface area contributed by atoms with E-state index in [-0.39, 0.29) is 0 Å². The Bertz CT molecular complexity index is 3020. The SMILES string of the molecule is C\C=C/C(=C\C=C\N(/C=C/C=C\Cc1ccc(C)c2c3c(sc12)C=CCC=C3)C(/C=C\C)=C/C=C/c1cccc2ccccc12)c1ccc(-c2ccccc2)c(C2=CC=CCC=C2)c1. The molecule has 0 unspecified atom stereocenters. The minimum Gasteiger partial charge on any atom is -0.324 e. The molecule has 64 heavy (non-hydrogen) atoms. The van der Waals surface area contributed by atoms with Gasteiger partial charge in [-0.05, 0) is 137 Å². The van der Waals surface area contributed by atoms with Crippen LogP contribution >= 0.6 is 11.3 Å². The Morgan fingerprint density at radius 1 is 0.688 bits per heavy atom. The summed E-state index contributed by atoms with van der Waals surface area (Å²) in [7, 11) is 0. The lowest BCUT2D eigenvalue weighted by molar-refractivity contribution is 0.651. The lowest BCUT2D eigenvalue weighted by atomic mass is 9.90. The summed E-state index contributed by atoms with van der Waals surface area (Å²) in [6.45, 7) is 6.39. The Hall–Kier alpha value is -7.26. The molecule has 0 saturated carbocycles. The number of aryl methyl sites for hydroxylation is 1. The highest BCUT2D eigenvalue weighted by molar-refractivity contribution is 7.20. The van der Waals surface area contributed by atoms with Crippen molar-refractivity contribution in [3.8, 4) is 11.1 Å². The molecule has 0 bridgehead atoms. The van der Waals surface area contributed by atoms with Crippen LogP contribution in [-0.4, -0.2) is 4.90 Å². The normalized spacial score (nSPS) is 14.7. The molecule has 1 aromatic heterocycles. The molecule has 0 amide bonds. The van der Waals surface area contributed by atoms with Gasteiger partial charge in [-0.3, -0.25) is 0 Å². The van der Waals surface area contributed by atoms with Gasteiger partial charge in [-0.25, -0.2) is 0 Å². The van der Waals surface area contributed by atoms with Crippen LogP contribution in [0.2, 0.25) is 0 Å². The van der Waals surface area contributed by atoms with Crippen LogP contribution in [-0.2, 0) is 6.42 Å². The number of hydrogen-bond donors (Lipinski definition) is 0. The van der Waals surface area contributed by atoms with Crippen LogP contribution in [0.5, 0.6) is 0 Å². The van der Waals surface area contributed by atoms with Crippen LogP contribution in [0, 0.1) is 6.92 Å². The Morgan fingerprint density at radius 2 is 1.48 bits per heavy atom. The average molecular weight is 846 g/mol. The molecule has 6 aromatic rings. The van der Waals surface area contributed by atoms with Crippen LogP contribution < -0.4 is 0 Å². The summed E-state index contributed by atoms with van der Waals surface area (Å²) < 4.78 is 1.39. The van der Waals surface area contributed by atoms with Crippen molar-refractivity contribution in [2.45, 2.75) is 40.0 Å². The minimum atomic E-state index is 0.860. The summed E-state index contributed by atoms with van der Waals surface area (Å²) in [5.41, 5.74) is 13.4. The van der Waals surface area contributed by atoms with Gasteiger partial charge in [-0.15, -0.1) is 11.3 Å². The highest BCUT2D eigenvalue weighted by atomic mass is 32.1. The highest BCUT2D eigenvalue weighted by Crippen LogP contribution is 2.39. The first-order chi connectivity index (χ1) is 31.6. The fraction of sp³-hybridized carbons (Fsp3) is 0.0968. The van der Waals surface area contributed by atoms with E-state index in [2.05, 4.69) is 269 Å². The molecule has 0 spiro atoms. The second-order valence-corrected chi connectivity index (χ2v) is 16.9. The second kappa shape index (κ2) is 21.7. The molecule has 0 N–H and O–H groups in total. The van der Waals surface area contributed by atoms with Crippen molar-refractivity contribution in [2.75, 3.05) is 0 Å². The Morgan fingerprint density at radius 3 is 2.38 bits per heavy atom. The molecule has 314 valence electrons. The Balaban J connectivity index is 1.12. The predicted molar refractivity (Wildman–Crippen MR) is 284 cm³/mol. The minimum absolute atomic E-state index is 0.860. The van der Waals surface area contributed by atoms with E-state index < -0.39 is 0 Å². The molecule has 1 nitrogen and oxygen atoms in total. The summed E-state index contributed by atoms with van der Waals surface area (Å²) >= 11 is 1.91. The fourth-order valence-corrected chi connectivity index (χ4v) is 9.61. The van der Waals surface area contributed by atoms with Crippen molar-refractivity contribution in [3.63, 3.8) is 0 Å². The molecule has 0 saturated heterocycles. The van der Waals surface area contributed by atoms with E-state index in [0.717, 1.165) is 36.1 Å². The van der Waals surface area contributed by atoms with Gasteiger partial charge in [0.15, 0.2) is 0 Å². The second-order valence-electron chi connectivity index (χ2n) is 15.8. The standard InChI is InChI=1S/C62H55NS/c1-4-24-48(54-42-43-57(51-26-13-8-14-27-51)59(46-54)52-28-11-6-7-12-29-52)35-23-45-63(55(25-5-2)36-22-34-50-33-21-32-49-30-18-19-37-56(49)50)44-20-10-15-31-53-41-40-47(3)61-58-38-16-9-17-39-60(58)64-62(53)61/h4-6,8,10-30,32-46H,7,9,31H2,1-3H3/b15-10-,24-4-,25-5-,34-22+,44-20+,45-23+,48-35+,55-36+. The molecular weight excluding hydrogens is 791 g/mol. The molecule has 2 aliphatic carbocycles. The maximum absolute atomic E-state index is 2.34. The monoisotopic (exact) mass is 845 g/mol. The molecule has 0 atom stereocenters. The van der Waals surface area contributed by atoms with Gasteiger partial charge in [0.05, 0.1) is 0 Å². The third-order valence-electron chi connectivity index (χ3n) is 11.5. The van der Waals surface area contributed by atoms with Crippen LogP contribution in [0.4, 0.5) is 0 Å². The summed E-state index contributed by atoms with van der Waals surface area (Å²) in [4.78, 5) is 3.55. The van der Waals surface area contributed by atoms with Crippen molar-refractivity contribution < 1.29 is 0 Å². The van der Waals surface area contributed by atoms with E-state index in [9.17, 15) is 0 Å². The summed E-state index contributed by atoms with van der Waals surface area (Å²) in [6.07, 6.45) is 53.3. The van der Waals surface area contributed by atoms with Crippen molar-refractivity contribution in [1.29, 1.82) is 0 Å². The lowest BCUT2D eigenvalue weighted by Gasteiger charge is -2.17. The molecule has 1 heterocycles. The third kappa shape index (κ3) is 10.5. The van der Waals surface area contributed by atoms with E-state index in [1.54, 1.807) is 0 Å². The topological polar surface area (TPSA) is 3.24 Å². The zero-order chi connectivity index (χ0) is 43.9. The van der Waals surface area contributed by atoms with E-state index in [0.29, 0.717) is 0 Å². The van der Waals surface area contributed by atoms with E-state index in [4.69, 9.17) is 0 Å². The van der Waals surface area contributed by atoms with Gasteiger partial charge in [-0.2, -0.15) is 0 Å². The van der Waals surface area contributed by atoms with Crippen LogP contribution in [0.15, 0.2) is 231 Å². The van der Waals surface area contributed by atoms with Gasteiger partial charge in [-0.1, -0.05) is 194 Å². The predicted octanol–water partition coefficient (Wildman–Crippen LogP) is 17.6. The number of allylic oxidation sites excluding steroid dienone is 20. The van der Waals surface area contributed by atoms with Crippen molar-refractivity contribution >= 4 is 61.6 Å². The lowest BCUT2D eigenvalue weighted by Crippen LogP contribution is -2.07. The summed E-state index contributed by atoms with van der Waals surface area (Å²) in [5, 5.41) is 3.87. The van der Waals surface area contributed by atoms with Gasteiger partial charge in [0.25, 0.3) is 0 Å². The molecule has 0 radical (unpaired) electrons. The Labute approximate surface area is 384 Å². The summed E-state index contributed by atoms with van der Waals surface area (Å²) in [5.74, 6) is 0. The third-order valence-corrected chi connectivity index (χ3v) is 12.7. The molecule has 0 fully saturated rings. The fourth-order valence-electron chi connectivity index (χ4n) is 8.29. The average Bonchev–Trinajstić information content (AvgIpc) is 3.48. The van der Waals surface area contributed by atoms with E-state index >= 15 is 0 Å². The van der Waals surface area contributed by atoms with Gasteiger partial charge >= 0.3 is 0 Å². The maximum atomic E-state index is 2.34. The van der Waals surface area contributed by atoms with Crippen LogP contribution in [0.1, 0.15) is 64.9 Å². The van der Waals surface area contributed by atoms with Gasteiger partial charge in [0.1, 0.15) is 0 Å². The van der Waals surface area contributed by atoms with Crippen molar-refractivity contribution in [1.82, 2.24) is 4.90 Å². The van der Waals surface area contributed by atoms with Crippen LogP contribution in [0.3, 0.4) is 0 Å². The first-order valence-corrected chi connectivity index (χ1v) is 23.2. The first-order valence-electron chi connectivity index (χ1n) is 22.3. The Kier molecular flexibility index (Phi) is 14.7.